The van der Waals surface area contributed by atoms with E-state index in [0.717, 1.165) is 5.56 Å². The van der Waals surface area contributed by atoms with Gasteiger partial charge in [0.15, 0.2) is 5.78 Å². The molecule has 1 aliphatic heterocycles. The number of hydrogen-bond donors (Lipinski definition) is 0. The number of para-hydroxylation sites is 1. The summed E-state index contributed by atoms with van der Waals surface area (Å²) < 4.78 is 0. The summed E-state index contributed by atoms with van der Waals surface area (Å²) in [5.41, 5.74) is 2.63. The number of halogens is 1. The lowest BCUT2D eigenvalue weighted by molar-refractivity contribution is 0.0955. The van der Waals surface area contributed by atoms with Crippen LogP contribution in [0.3, 0.4) is 0 Å². The number of carbonyl (C=O) groups excluding carboxylic acids is 2. The molecule has 0 radical (unpaired) electrons. The smallest absolute Gasteiger partial charge is 0.258 e. The molecule has 1 heterocycles. The molecule has 1 amide bonds. The van der Waals surface area contributed by atoms with E-state index in [2.05, 4.69) is 0 Å². The maximum absolute atomic E-state index is 12.8. The van der Waals surface area contributed by atoms with Crippen molar-refractivity contribution in [3.05, 3.63) is 64.2 Å². The third kappa shape index (κ3) is 2.34. The van der Waals surface area contributed by atoms with Gasteiger partial charge in [-0.25, -0.2) is 0 Å². The first-order valence-corrected chi connectivity index (χ1v) is 7.16. The minimum Gasteiger partial charge on any atom is -0.307 e. The molecule has 0 atom stereocenters. The standard InChI is InChI=1S/C17H14ClNO2/c1-11-12(6-4-7-14(11)18)17(21)19-10-9-16(20)13-5-2-3-8-15(13)19/h2-8H,9-10H2,1H3. The zero-order valence-electron chi connectivity index (χ0n) is 11.6. The normalized spacial score (nSPS) is 14.0. The Labute approximate surface area is 128 Å². The molecule has 106 valence electrons. The van der Waals surface area contributed by atoms with Crippen LogP contribution in [-0.2, 0) is 0 Å². The lowest BCUT2D eigenvalue weighted by atomic mass is 9.98. The van der Waals surface area contributed by atoms with Crippen molar-refractivity contribution in [2.75, 3.05) is 11.4 Å². The summed E-state index contributed by atoms with van der Waals surface area (Å²) in [4.78, 5) is 26.4. The van der Waals surface area contributed by atoms with E-state index in [0.29, 0.717) is 34.8 Å². The van der Waals surface area contributed by atoms with Crippen molar-refractivity contribution < 1.29 is 9.59 Å². The maximum atomic E-state index is 12.8. The molecule has 0 bridgehead atoms. The predicted octanol–water partition coefficient (Wildman–Crippen LogP) is 3.88. The van der Waals surface area contributed by atoms with Crippen LogP contribution >= 0.6 is 11.6 Å². The van der Waals surface area contributed by atoms with Gasteiger partial charge in [0.25, 0.3) is 5.91 Å². The van der Waals surface area contributed by atoms with Crippen molar-refractivity contribution >= 4 is 29.0 Å². The van der Waals surface area contributed by atoms with E-state index < -0.39 is 0 Å². The Kier molecular flexibility index (Phi) is 3.52. The van der Waals surface area contributed by atoms with Gasteiger partial charge in [0.2, 0.25) is 0 Å². The number of nitrogens with zero attached hydrogens (tertiary/aromatic N) is 1. The van der Waals surface area contributed by atoms with Crippen molar-refractivity contribution in [2.45, 2.75) is 13.3 Å². The van der Waals surface area contributed by atoms with Gasteiger partial charge in [0.05, 0.1) is 5.69 Å². The molecule has 21 heavy (non-hydrogen) atoms. The fourth-order valence-electron chi connectivity index (χ4n) is 2.61. The number of carbonyl (C=O) groups is 2. The van der Waals surface area contributed by atoms with Gasteiger partial charge in [-0.05, 0) is 36.8 Å². The SMILES string of the molecule is Cc1c(Cl)cccc1C(=O)N1CCC(=O)c2ccccc21. The number of anilines is 1. The molecule has 1 aliphatic rings. The van der Waals surface area contributed by atoms with E-state index in [4.69, 9.17) is 11.6 Å². The van der Waals surface area contributed by atoms with Crippen LogP contribution in [0, 0.1) is 6.92 Å². The van der Waals surface area contributed by atoms with Crippen LogP contribution in [0.2, 0.25) is 5.02 Å². The Morgan fingerprint density at radius 3 is 2.71 bits per heavy atom. The monoisotopic (exact) mass is 299 g/mol. The van der Waals surface area contributed by atoms with Crippen LogP contribution in [0.1, 0.15) is 32.7 Å². The number of hydrogen-bond acceptors (Lipinski definition) is 2. The number of amides is 1. The molecule has 0 N–H and O–H groups in total. The molecule has 0 saturated carbocycles. The fraction of sp³-hybridized carbons (Fsp3) is 0.176. The number of benzene rings is 2. The highest BCUT2D eigenvalue weighted by Gasteiger charge is 2.28. The van der Waals surface area contributed by atoms with Crippen LogP contribution in [0.5, 0.6) is 0 Å². The summed E-state index contributed by atoms with van der Waals surface area (Å²) >= 11 is 6.10. The maximum Gasteiger partial charge on any atom is 0.258 e. The Morgan fingerprint density at radius 2 is 1.90 bits per heavy atom. The summed E-state index contributed by atoms with van der Waals surface area (Å²) in [7, 11) is 0. The van der Waals surface area contributed by atoms with E-state index in [1.54, 1.807) is 29.2 Å². The van der Waals surface area contributed by atoms with Crippen LogP contribution in [0.25, 0.3) is 0 Å². The Hall–Kier alpha value is -2.13. The molecule has 0 spiro atoms. The van der Waals surface area contributed by atoms with Gasteiger partial charge in [0, 0.05) is 29.1 Å². The summed E-state index contributed by atoms with van der Waals surface area (Å²) in [6, 6.07) is 12.5. The Bertz CT molecular complexity index is 739. The molecular weight excluding hydrogens is 286 g/mol. The first-order valence-electron chi connectivity index (χ1n) is 6.79. The number of rotatable bonds is 1. The molecule has 3 rings (SSSR count). The third-order valence-electron chi connectivity index (χ3n) is 3.80. The quantitative estimate of drug-likeness (QED) is 0.801. The lowest BCUT2D eigenvalue weighted by Crippen LogP contribution is -2.37. The number of ketones is 1. The van der Waals surface area contributed by atoms with E-state index in [1.165, 1.54) is 0 Å². The number of fused-ring (bicyclic) bond motifs is 1. The van der Waals surface area contributed by atoms with Gasteiger partial charge in [-0.15, -0.1) is 0 Å². The van der Waals surface area contributed by atoms with Gasteiger partial charge in [0.1, 0.15) is 0 Å². The molecule has 0 aliphatic carbocycles. The van der Waals surface area contributed by atoms with Crippen LogP contribution in [0.15, 0.2) is 42.5 Å². The van der Waals surface area contributed by atoms with Crippen molar-refractivity contribution in [2.24, 2.45) is 0 Å². The second-order valence-electron chi connectivity index (χ2n) is 5.06. The predicted molar refractivity (Wildman–Crippen MR) is 83.3 cm³/mol. The molecule has 4 heteroatoms. The molecule has 0 saturated heterocycles. The Balaban J connectivity index is 2.05. The third-order valence-corrected chi connectivity index (χ3v) is 4.21. The second kappa shape index (κ2) is 5.34. The zero-order chi connectivity index (χ0) is 15.0. The topological polar surface area (TPSA) is 37.4 Å². The van der Waals surface area contributed by atoms with Crippen LogP contribution in [0.4, 0.5) is 5.69 Å². The largest absolute Gasteiger partial charge is 0.307 e. The molecule has 2 aromatic rings. The second-order valence-corrected chi connectivity index (χ2v) is 5.47. The lowest BCUT2D eigenvalue weighted by Gasteiger charge is -2.29. The molecule has 0 unspecified atom stereocenters. The summed E-state index contributed by atoms with van der Waals surface area (Å²) in [5, 5.41) is 0.572. The van der Waals surface area contributed by atoms with Crippen molar-refractivity contribution in [3.8, 4) is 0 Å². The van der Waals surface area contributed by atoms with Crippen molar-refractivity contribution in [3.63, 3.8) is 0 Å². The van der Waals surface area contributed by atoms with Gasteiger partial charge in [-0.1, -0.05) is 29.8 Å². The first-order chi connectivity index (χ1) is 10.1. The zero-order valence-corrected chi connectivity index (χ0v) is 12.4. The van der Waals surface area contributed by atoms with Crippen molar-refractivity contribution in [1.82, 2.24) is 0 Å². The average molecular weight is 300 g/mol. The molecular formula is C17H14ClNO2. The highest BCUT2D eigenvalue weighted by molar-refractivity contribution is 6.32. The highest BCUT2D eigenvalue weighted by atomic mass is 35.5. The van der Waals surface area contributed by atoms with E-state index in [1.807, 2.05) is 25.1 Å². The van der Waals surface area contributed by atoms with Gasteiger partial charge in [-0.2, -0.15) is 0 Å². The van der Waals surface area contributed by atoms with Gasteiger partial charge >= 0.3 is 0 Å². The summed E-state index contributed by atoms with van der Waals surface area (Å²) in [6.07, 6.45) is 0.350. The van der Waals surface area contributed by atoms with E-state index in [9.17, 15) is 9.59 Å². The van der Waals surface area contributed by atoms with E-state index in [-0.39, 0.29) is 11.7 Å². The minimum atomic E-state index is -0.116. The molecule has 3 nitrogen and oxygen atoms in total. The first kappa shape index (κ1) is 13.8. The highest BCUT2D eigenvalue weighted by Crippen LogP contribution is 2.29. The molecule has 2 aromatic carbocycles. The van der Waals surface area contributed by atoms with Crippen LogP contribution < -0.4 is 4.90 Å². The van der Waals surface area contributed by atoms with Gasteiger partial charge in [-0.3, -0.25) is 9.59 Å². The molecule has 0 aromatic heterocycles. The summed E-state index contributed by atoms with van der Waals surface area (Å²) in [5.74, 6) is -0.0348. The average Bonchev–Trinajstić information content (AvgIpc) is 2.50. The van der Waals surface area contributed by atoms with E-state index >= 15 is 0 Å². The van der Waals surface area contributed by atoms with Crippen LogP contribution in [-0.4, -0.2) is 18.2 Å². The summed E-state index contributed by atoms with van der Waals surface area (Å²) in [6.45, 7) is 2.23. The Morgan fingerprint density at radius 1 is 1.14 bits per heavy atom. The fourth-order valence-corrected chi connectivity index (χ4v) is 2.78. The minimum absolute atomic E-state index is 0.0810. The van der Waals surface area contributed by atoms with Gasteiger partial charge < -0.3 is 4.90 Å². The number of Topliss-reactive ketones (excluding diaryl/α,β-unsaturated/α-hetero) is 1. The molecule has 0 fully saturated rings. The van der Waals surface area contributed by atoms with Crippen molar-refractivity contribution in [1.29, 1.82) is 0 Å².